The van der Waals surface area contributed by atoms with Gasteiger partial charge in [0.1, 0.15) is 12.4 Å². The molecule has 0 aromatic heterocycles. The van der Waals surface area contributed by atoms with Crippen LogP contribution in [0.4, 0.5) is 5.69 Å². The SMILES string of the molecule is COCCOc1ccc(S(=O)(=O)Nc2ccc(C(=O)N(C)C)cc2)cc1C. The third kappa shape index (κ3) is 5.45. The van der Waals surface area contributed by atoms with Gasteiger partial charge in [0.25, 0.3) is 15.9 Å². The zero-order valence-electron chi connectivity index (χ0n) is 15.9. The van der Waals surface area contributed by atoms with Crippen molar-refractivity contribution in [1.29, 1.82) is 0 Å². The average molecular weight is 392 g/mol. The molecular weight excluding hydrogens is 368 g/mol. The highest BCUT2D eigenvalue weighted by atomic mass is 32.2. The van der Waals surface area contributed by atoms with Gasteiger partial charge in [0, 0.05) is 32.5 Å². The zero-order chi connectivity index (χ0) is 20.0. The highest BCUT2D eigenvalue weighted by molar-refractivity contribution is 7.92. The van der Waals surface area contributed by atoms with Gasteiger partial charge in [-0.15, -0.1) is 0 Å². The molecule has 27 heavy (non-hydrogen) atoms. The number of nitrogens with one attached hydrogen (secondary N) is 1. The van der Waals surface area contributed by atoms with Crippen molar-refractivity contribution in [3.8, 4) is 5.75 Å². The number of rotatable bonds is 8. The fourth-order valence-electron chi connectivity index (χ4n) is 2.34. The number of benzene rings is 2. The summed E-state index contributed by atoms with van der Waals surface area (Å²) in [5, 5.41) is 0. The Kier molecular flexibility index (Phi) is 6.81. The van der Waals surface area contributed by atoms with Crippen LogP contribution in [0.25, 0.3) is 0 Å². The van der Waals surface area contributed by atoms with Crippen LogP contribution in [0.15, 0.2) is 47.4 Å². The molecule has 1 amide bonds. The van der Waals surface area contributed by atoms with Gasteiger partial charge < -0.3 is 14.4 Å². The highest BCUT2D eigenvalue weighted by Gasteiger charge is 2.16. The molecule has 7 nitrogen and oxygen atoms in total. The van der Waals surface area contributed by atoms with Crippen molar-refractivity contribution in [1.82, 2.24) is 4.90 Å². The summed E-state index contributed by atoms with van der Waals surface area (Å²) in [6.07, 6.45) is 0. The first-order valence-electron chi connectivity index (χ1n) is 8.31. The number of nitrogens with zero attached hydrogens (tertiary/aromatic N) is 1. The van der Waals surface area contributed by atoms with Crippen molar-refractivity contribution >= 4 is 21.6 Å². The number of methoxy groups -OCH3 is 1. The Labute approximate surface area is 160 Å². The maximum atomic E-state index is 12.6. The minimum Gasteiger partial charge on any atom is -0.491 e. The molecule has 0 bridgehead atoms. The maximum Gasteiger partial charge on any atom is 0.261 e. The smallest absolute Gasteiger partial charge is 0.261 e. The van der Waals surface area contributed by atoms with E-state index < -0.39 is 10.0 Å². The summed E-state index contributed by atoms with van der Waals surface area (Å²) >= 11 is 0. The van der Waals surface area contributed by atoms with Crippen LogP contribution in [0, 0.1) is 6.92 Å². The quantitative estimate of drug-likeness (QED) is 0.698. The molecule has 2 rings (SSSR count). The Morgan fingerprint density at radius 3 is 2.30 bits per heavy atom. The van der Waals surface area contributed by atoms with E-state index in [1.165, 1.54) is 11.0 Å². The van der Waals surface area contributed by atoms with E-state index in [0.717, 1.165) is 0 Å². The molecule has 0 heterocycles. The van der Waals surface area contributed by atoms with Gasteiger partial charge >= 0.3 is 0 Å². The number of carbonyl (C=O) groups excluding carboxylic acids is 1. The molecule has 8 heteroatoms. The molecule has 2 aromatic rings. The van der Waals surface area contributed by atoms with Crippen LogP contribution in [0.2, 0.25) is 0 Å². The summed E-state index contributed by atoms with van der Waals surface area (Å²) in [6.45, 7) is 2.62. The number of sulfonamides is 1. The molecule has 0 saturated heterocycles. The first-order valence-corrected chi connectivity index (χ1v) is 9.80. The third-order valence-corrected chi connectivity index (χ3v) is 5.17. The average Bonchev–Trinajstić information content (AvgIpc) is 2.62. The third-order valence-electron chi connectivity index (χ3n) is 3.79. The molecule has 2 aromatic carbocycles. The number of carbonyl (C=O) groups is 1. The molecule has 0 atom stereocenters. The standard InChI is InChI=1S/C19H24N2O5S/c1-14-13-17(9-10-18(14)26-12-11-25-4)27(23,24)20-16-7-5-15(6-8-16)19(22)21(2)3/h5-10,13,20H,11-12H2,1-4H3. The lowest BCUT2D eigenvalue weighted by atomic mass is 10.2. The van der Waals surface area contributed by atoms with E-state index in [9.17, 15) is 13.2 Å². The predicted molar refractivity (Wildman–Crippen MR) is 104 cm³/mol. The van der Waals surface area contributed by atoms with Crippen LogP contribution in [0.3, 0.4) is 0 Å². The summed E-state index contributed by atoms with van der Waals surface area (Å²) in [7, 11) is 1.14. The molecule has 0 aliphatic heterocycles. The van der Waals surface area contributed by atoms with Crippen molar-refractivity contribution in [3.63, 3.8) is 0 Å². The van der Waals surface area contributed by atoms with Gasteiger partial charge in [0.05, 0.1) is 11.5 Å². The Hall–Kier alpha value is -2.58. The summed E-state index contributed by atoms with van der Waals surface area (Å²) in [5.74, 6) is 0.460. The first kappa shape index (κ1) is 20.7. The Morgan fingerprint density at radius 2 is 1.74 bits per heavy atom. The first-order chi connectivity index (χ1) is 12.7. The van der Waals surface area contributed by atoms with Crippen molar-refractivity contribution in [2.24, 2.45) is 0 Å². The van der Waals surface area contributed by atoms with E-state index in [2.05, 4.69) is 4.72 Å². The minimum atomic E-state index is -3.75. The number of hydrogen-bond donors (Lipinski definition) is 1. The number of hydrogen-bond acceptors (Lipinski definition) is 5. The molecular formula is C19H24N2O5S. The molecule has 0 spiro atoms. The lowest BCUT2D eigenvalue weighted by Gasteiger charge is -2.13. The Balaban J connectivity index is 2.14. The fourth-order valence-corrected chi connectivity index (χ4v) is 3.48. The molecule has 146 valence electrons. The number of ether oxygens (including phenoxy) is 2. The summed E-state index contributed by atoms with van der Waals surface area (Å²) in [4.78, 5) is 13.5. The van der Waals surface area contributed by atoms with Crippen LogP contribution >= 0.6 is 0 Å². The van der Waals surface area contributed by atoms with Gasteiger partial charge in [0.2, 0.25) is 0 Å². The lowest BCUT2D eigenvalue weighted by molar-refractivity contribution is 0.0827. The molecule has 0 fully saturated rings. The Morgan fingerprint density at radius 1 is 1.07 bits per heavy atom. The topological polar surface area (TPSA) is 84.9 Å². The van der Waals surface area contributed by atoms with Gasteiger partial charge in [-0.25, -0.2) is 8.42 Å². The summed E-state index contributed by atoms with van der Waals surface area (Å²) in [6, 6.07) is 10.9. The van der Waals surface area contributed by atoms with E-state index in [0.29, 0.717) is 35.8 Å². The summed E-state index contributed by atoms with van der Waals surface area (Å²) < 4.78 is 38.2. The number of anilines is 1. The number of amides is 1. The normalized spacial score (nSPS) is 11.1. The molecule has 0 radical (unpaired) electrons. The molecule has 0 saturated carbocycles. The van der Waals surface area contributed by atoms with Crippen LogP contribution in [-0.4, -0.2) is 53.6 Å². The van der Waals surface area contributed by atoms with Crippen molar-refractivity contribution in [2.75, 3.05) is 39.1 Å². The van der Waals surface area contributed by atoms with E-state index in [1.54, 1.807) is 64.5 Å². The predicted octanol–water partition coefficient (Wildman–Crippen LogP) is 2.52. The molecule has 0 aliphatic carbocycles. The van der Waals surface area contributed by atoms with Crippen LogP contribution in [0.1, 0.15) is 15.9 Å². The van der Waals surface area contributed by atoms with Crippen LogP contribution in [0.5, 0.6) is 5.75 Å². The van der Waals surface area contributed by atoms with Crippen molar-refractivity contribution in [2.45, 2.75) is 11.8 Å². The highest BCUT2D eigenvalue weighted by Crippen LogP contribution is 2.23. The van der Waals surface area contributed by atoms with E-state index in [4.69, 9.17) is 9.47 Å². The Bertz CT molecular complexity index is 893. The van der Waals surface area contributed by atoms with Crippen molar-refractivity contribution in [3.05, 3.63) is 53.6 Å². The second-order valence-corrected chi connectivity index (χ2v) is 7.83. The second kappa shape index (κ2) is 8.88. The lowest BCUT2D eigenvalue weighted by Crippen LogP contribution is -2.21. The largest absolute Gasteiger partial charge is 0.491 e. The van der Waals surface area contributed by atoms with Gasteiger partial charge in [-0.2, -0.15) is 0 Å². The maximum absolute atomic E-state index is 12.6. The second-order valence-electron chi connectivity index (χ2n) is 6.15. The van der Waals surface area contributed by atoms with Gasteiger partial charge in [-0.05, 0) is 55.0 Å². The van der Waals surface area contributed by atoms with Gasteiger partial charge in [-0.3, -0.25) is 9.52 Å². The summed E-state index contributed by atoms with van der Waals surface area (Å²) in [5.41, 5.74) is 1.57. The van der Waals surface area contributed by atoms with Gasteiger partial charge in [-0.1, -0.05) is 0 Å². The van der Waals surface area contributed by atoms with Crippen LogP contribution in [-0.2, 0) is 14.8 Å². The number of aryl methyl sites for hydroxylation is 1. The molecule has 0 aliphatic rings. The van der Waals surface area contributed by atoms with E-state index in [-0.39, 0.29) is 10.8 Å². The van der Waals surface area contributed by atoms with Crippen molar-refractivity contribution < 1.29 is 22.7 Å². The van der Waals surface area contributed by atoms with E-state index >= 15 is 0 Å². The monoisotopic (exact) mass is 392 g/mol. The molecule has 0 unspecified atom stereocenters. The zero-order valence-corrected chi connectivity index (χ0v) is 16.7. The van der Waals surface area contributed by atoms with E-state index in [1.807, 2.05) is 0 Å². The minimum absolute atomic E-state index is 0.132. The van der Waals surface area contributed by atoms with Gasteiger partial charge in [0.15, 0.2) is 0 Å². The molecule has 1 N–H and O–H groups in total. The fraction of sp³-hybridized carbons (Fsp3) is 0.316. The van der Waals surface area contributed by atoms with Crippen LogP contribution < -0.4 is 9.46 Å².